The molecule has 1 aromatic heterocycles. The van der Waals surface area contributed by atoms with Gasteiger partial charge in [0, 0.05) is 51.5 Å². The average Bonchev–Trinajstić information content (AvgIpc) is 2.81. The molecule has 1 fully saturated rings. The highest BCUT2D eigenvalue weighted by atomic mass is 16.5. The number of nitrogens with one attached hydrogen (secondary N) is 1. The molecule has 1 N–H and O–H groups in total. The summed E-state index contributed by atoms with van der Waals surface area (Å²) < 4.78 is 7.31. The van der Waals surface area contributed by atoms with Crippen molar-refractivity contribution in [2.45, 2.75) is 13.0 Å². The highest BCUT2D eigenvalue weighted by Crippen LogP contribution is 2.01. The summed E-state index contributed by atoms with van der Waals surface area (Å²) in [6.07, 6.45) is 2.58. The third kappa shape index (κ3) is 3.58. The van der Waals surface area contributed by atoms with Gasteiger partial charge in [-0.25, -0.2) is 0 Å². The number of morpholine rings is 1. The maximum absolute atomic E-state index is 11.9. The van der Waals surface area contributed by atoms with E-state index in [1.807, 2.05) is 24.2 Å². The number of amides is 1. The smallest absolute Gasteiger partial charge is 0.224 e. The normalized spacial score (nSPS) is 15.9. The molecule has 0 bridgehead atoms. The van der Waals surface area contributed by atoms with Crippen LogP contribution in [0.25, 0.3) is 0 Å². The molecule has 2 heterocycles. The quantitative estimate of drug-likeness (QED) is 0.769. The lowest BCUT2D eigenvalue weighted by molar-refractivity contribution is -0.135. The minimum Gasteiger partial charge on any atom is -0.378 e. The zero-order valence-electron chi connectivity index (χ0n) is 10.9. The van der Waals surface area contributed by atoms with E-state index < -0.39 is 0 Å². The van der Waals surface area contributed by atoms with E-state index in [4.69, 9.17) is 4.74 Å². The first-order valence-corrected chi connectivity index (χ1v) is 6.44. The number of rotatable bonds is 5. The van der Waals surface area contributed by atoms with Crippen LogP contribution in [-0.2, 0) is 23.1 Å². The van der Waals surface area contributed by atoms with Crippen molar-refractivity contribution in [3.05, 3.63) is 24.0 Å². The van der Waals surface area contributed by atoms with Crippen LogP contribution in [0, 0.1) is 0 Å². The fourth-order valence-electron chi connectivity index (χ4n) is 2.06. The highest BCUT2D eigenvalue weighted by Gasteiger charge is 2.15. The highest BCUT2D eigenvalue weighted by molar-refractivity contribution is 5.76. The summed E-state index contributed by atoms with van der Waals surface area (Å²) in [4.78, 5) is 13.7. The third-order valence-corrected chi connectivity index (χ3v) is 3.24. The summed E-state index contributed by atoms with van der Waals surface area (Å²) in [5, 5.41) is 3.30. The molecule has 0 radical (unpaired) electrons. The first-order chi connectivity index (χ1) is 8.77. The Morgan fingerprint density at radius 1 is 1.44 bits per heavy atom. The number of carbonyl (C=O) groups excluding carboxylic acids is 1. The van der Waals surface area contributed by atoms with E-state index in [1.54, 1.807) is 0 Å². The SMILES string of the molecule is Cn1cccc1CNCCC(=O)N1CCOCC1. The largest absolute Gasteiger partial charge is 0.378 e. The molecule has 0 unspecified atom stereocenters. The van der Waals surface area contributed by atoms with Crippen molar-refractivity contribution >= 4 is 5.91 Å². The van der Waals surface area contributed by atoms with Gasteiger partial charge in [-0.05, 0) is 12.1 Å². The van der Waals surface area contributed by atoms with Crippen LogP contribution in [0.1, 0.15) is 12.1 Å². The Hall–Kier alpha value is -1.33. The van der Waals surface area contributed by atoms with Gasteiger partial charge in [-0.2, -0.15) is 0 Å². The Morgan fingerprint density at radius 2 is 2.22 bits per heavy atom. The van der Waals surface area contributed by atoms with Gasteiger partial charge in [0.1, 0.15) is 0 Å². The lowest BCUT2D eigenvalue weighted by Gasteiger charge is -2.26. The first kappa shape index (κ1) is 13.1. The van der Waals surface area contributed by atoms with Crippen LogP contribution in [0.3, 0.4) is 0 Å². The summed E-state index contributed by atoms with van der Waals surface area (Å²) >= 11 is 0. The average molecular weight is 251 g/mol. The van der Waals surface area contributed by atoms with Crippen molar-refractivity contribution in [2.24, 2.45) is 7.05 Å². The summed E-state index contributed by atoms with van der Waals surface area (Å²) in [5.74, 6) is 0.220. The summed E-state index contributed by atoms with van der Waals surface area (Å²) in [6.45, 7) is 4.33. The molecule has 1 amide bonds. The molecule has 5 nitrogen and oxygen atoms in total. The molecule has 0 saturated carbocycles. The molecule has 5 heteroatoms. The summed E-state index contributed by atoms with van der Waals surface area (Å²) in [6, 6.07) is 4.10. The Bertz CT molecular complexity index is 383. The minimum atomic E-state index is 0.220. The van der Waals surface area contributed by atoms with Gasteiger partial charge in [-0.1, -0.05) is 0 Å². The molecule has 2 rings (SSSR count). The second-order valence-corrected chi connectivity index (χ2v) is 4.53. The number of ether oxygens (including phenoxy) is 1. The molecule has 1 aliphatic heterocycles. The Balaban J connectivity index is 1.63. The van der Waals surface area contributed by atoms with Gasteiger partial charge < -0.3 is 19.5 Å². The predicted octanol–water partition coefficient (Wildman–Crippen LogP) is 0.364. The van der Waals surface area contributed by atoms with Gasteiger partial charge in [0.05, 0.1) is 13.2 Å². The number of aryl methyl sites for hydroxylation is 1. The predicted molar refractivity (Wildman–Crippen MR) is 69.1 cm³/mol. The van der Waals surface area contributed by atoms with Gasteiger partial charge in [0.2, 0.25) is 5.91 Å². The maximum Gasteiger partial charge on any atom is 0.224 e. The van der Waals surface area contributed by atoms with Gasteiger partial charge in [-0.15, -0.1) is 0 Å². The van der Waals surface area contributed by atoms with E-state index in [9.17, 15) is 4.79 Å². The van der Waals surface area contributed by atoms with Gasteiger partial charge in [0.15, 0.2) is 0 Å². The monoisotopic (exact) mass is 251 g/mol. The third-order valence-electron chi connectivity index (χ3n) is 3.24. The molecule has 0 aliphatic carbocycles. The van der Waals surface area contributed by atoms with Crippen LogP contribution in [0.2, 0.25) is 0 Å². The van der Waals surface area contributed by atoms with Crippen LogP contribution in [0.15, 0.2) is 18.3 Å². The van der Waals surface area contributed by atoms with Crippen LogP contribution in [0.5, 0.6) is 0 Å². The van der Waals surface area contributed by atoms with Crippen molar-refractivity contribution in [1.82, 2.24) is 14.8 Å². The van der Waals surface area contributed by atoms with Crippen LogP contribution in [0.4, 0.5) is 0 Å². The molecule has 1 aliphatic rings. The van der Waals surface area contributed by atoms with Crippen LogP contribution < -0.4 is 5.32 Å². The van der Waals surface area contributed by atoms with E-state index in [0.29, 0.717) is 19.6 Å². The van der Waals surface area contributed by atoms with E-state index in [-0.39, 0.29) is 5.91 Å². The standard InChI is InChI=1S/C13H21N3O2/c1-15-6-2-3-12(15)11-14-5-4-13(17)16-7-9-18-10-8-16/h2-3,6,14H,4-5,7-11H2,1H3. The second-order valence-electron chi connectivity index (χ2n) is 4.53. The number of nitrogens with zero attached hydrogens (tertiary/aromatic N) is 2. The molecule has 18 heavy (non-hydrogen) atoms. The molecule has 0 spiro atoms. The van der Waals surface area contributed by atoms with Gasteiger partial charge >= 0.3 is 0 Å². The molecule has 1 saturated heterocycles. The van der Waals surface area contributed by atoms with Crippen molar-refractivity contribution in [2.75, 3.05) is 32.8 Å². The molecule has 0 aromatic carbocycles. The van der Waals surface area contributed by atoms with Crippen molar-refractivity contribution in [3.63, 3.8) is 0 Å². The Labute approximate surface area is 108 Å². The topological polar surface area (TPSA) is 46.5 Å². The number of hydrogen-bond acceptors (Lipinski definition) is 3. The van der Waals surface area contributed by atoms with E-state index in [2.05, 4.69) is 16.0 Å². The fourth-order valence-corrected chi connectivity index (χ4v) is 2.06. The fraction of sp³-hybridized carbons (Fsp3) is 0.615. The zero-order valence-corrected chi connectivity index (χ0v) is 10.9. The van der Waals surface area contributed by atoms with Crippen molar-refractivity contribution < 1.29 is 9.53 Å². The van der Waals surface area contributed by atoms with Crippen LogP contribution >= 0.6 is 0 Å². The van der Waals surface area contributed by atoms with Crippen molar-refractivity contribution in [3.8, 4) is 0 Å². The second kappa shape index (κ2) is 6.56. The van der Waals surface area contributed by atoms with E-state index in [1.165, 1.54) is 5.69 Å². The van der Waals surface area contributed by atoms with Gasteiger partial charge in [-0.3, -0.25) is 4.79 Å². The first-order valence-electron chi connectivity index (χ1n) is 6.44. The zero-order chi connectivity index (χ0) is 12.8. The van der Waals surface area contributed by atoms with E-state index >= 15 is 0 Å². The Kier molecular flexibility index (Phi) is 4.78. The van der Waals surface area contributed by atoms with Crippen LogP contribution in [-0.4, -0.2) is 48.2 Å². The maximum atomic E-state index is 11.9. The van der Waals surface area contributed by atoms with Crippen molar-refractivity contribution in [1.29, 1.82) is 0 Å². The number of hydrogen-bond donors (Lipinski definition) is 1. The van der Waals surface area contributed by atoms with Gasteiger partial charge in [0.25, 0.3) is 0 Å². The lowest BCUT2D eigenvalue weighted by Crippen LogP contribution is -2.41. The molecular weight excluding hydrogens is 230 g/mol. The lowest BCUT2D eigenvalue weighted by atomic mass is 10.3. The number of carbonyl (C=O) groups is 1. The molecular formula is C13H21N3O2. The molecule has 1 aromatic rings. The molecule has 0 atom stereocenters. The Morgan fingerprint density at radius 3 is 2.89 bits per heavy atom. The minimum absolute atomic E-state index is 0.220. The number of aromatic nitrogens is 1. The summed E-state index contributed by atoms with van der Waals surface area (Å²) in [7, 11) is 2.02. The van der Waals surface area contributed by atoms with E-state index in [0.717, 1.165) is 26.2 Å². The molecule has 100 valence electrons. The summed E-state index contributed by atoms with van der Waals surface area (Å²) in [5.41, 5.74) is 1.23.